The molecule has 1 saturated heterocycles. The van der Waals surface area contributed by atoms with Crippen LogP contribution in [0.25, 0.3) is 0 Å². The number of nitrogens with one attached hydrogen (secondary N) is 1. The van der Waals surface area contributed by atoms with E-state index in [9.17, 15) is 4.79 Å². The quantitative estimate of drug-likeness (QED) is 0.789. The molecule has 0 amide bonds. The first-order chi connectivity index (χ1) is 10.2. The number of ether oxygens (including phenoxy) is 1. The van der Waals surface area contributed by atoms with Gasteiger partial charge >= 0.3 is 5.97 Å². The van der Waals surface area contributed by atoms with Crippen LogP contribution in [0.3, 0.4) is 0 Å². The molecule has 0 aromatic heterocycles. The Morgan fingerprint density at radius 2 is 1.90 bits per heavy atom. The van der Waals surface area contributed by atoms with E-state index in [4.69, 9.17) is 4.74 Å². The predicted molar refractivity (Wildman–Crippen MR) is 83.1 cm³/mol. The van der Waals surface area contributed by atoms with Crippen molar-refractivity contribution < 1.29 is 9.53 Å². The minimum absolute atomic E-state index is 0.0644. The van der Waals surface area contributed by atoms with Crippen LogP contribution in [0.1, 0.15) is 51.4 Å². The van der Waals surface area contributed by atoms with E-state index in [-0.39, 0.29) is 5.97 Å². The summed E-state index contributed by atoms with van der Waals surface area (Å²) in [6, 6.07) is 0.698. The van der Waals surface area contributed by atoms with Crippen LogP contribution in [-0.2, 0) is 9.53 Å². The summed E-state index contributed by atoms with van der Waals surface area (Å²) < 4.78 is 5.16. The Morgan fingerprint density at radius 3 is 2.57 bits per heavy atom. The van der Waals surface area contributed by atoms with Crippen LogP contribution in [-0.4, -0.2) is 49.7 Å². The first-order valence-corrected chi connectivity index (χ1v) is 8.72. The number of esters is 1. The second-order valence-electron chi connectivity index (χ2n) is 7.21. The van der Waals surface area contributed by atoms with Gasteiger partial charge in [-0.05, 0) is 64.0 Å². The van der Waals surface area contributed by atoms with E-state index in [1.165, 1.54) is 45.6 Å². The van der Waals surface area contributed by atoms with Gasteiger partial charge in [0, 0.05) is 12.6 Å². The van der Waals surface area contributed by atoms with Crippen LogP contribution in [0.5, 0.6) is 0 Å². The standard InChI is InChI=1S/C17H30N2O2/c1-18-17(14-9-10-14,16(20)21-2)12-19-11-5-7-13-6-3-4-8-15(13)19/h13-15,18H,3-12H2,1-2H3. The fourth-order valence-corrected chi connectivity index (χ4v) is 4.75. The molecular weight excluding hydrogens is 264 g/mol. The molecule has 3 atom stereocenters. The lowest BCUT2D eigenvalue weighted by Gasteiger charge is -2.47. The Balaban J connectivity index is 1.76. The Hall–Kier alpha value is -0.610. The molecule has 3 fully saturated rings. The van der Waals surface area contributed by atoms with E-state index in [1.54, 1.807) is 0 Å². The summed E-state index contributed by atoms with van der Waals surface area (Å²) in [6.07, 6.45) is 10.4. The molecule has 21 heavy (non-hydrogen) atoms. The van der Waals surface area contributed by atoms with E-state index in [2.05, 4.69) is 10.2 Å². The van der Waals surface area contributed by atoms with Crippen molar-refractivity contribution >= 4 is 5.97 Å². The van der Waals surface area contributed by atoms with Gasteiger partial charge in [-0.2, -0.15) is 0 Å². The maximum Gasteiger partial charge on any atom is 0.327 e. The van der Waals surface area contributed by atoms with Gasteiger partial charge in [0.25, 0.3) is 0 Å². The van der Waals surface area contributed by atoms with Gasteiger partial charge in [-0.25, -0.2) is 4.79 Å². The molecule has 1 N–H and O–H groups in total. The largest absolute Gasteiger partial charge is 0.468 e. The van der Waals surface area contributed by atoms with Gasteiger partial charge < -0.3 is 10.1 Å². The number of hydrogen-bond donors (Lipinski definition) is 1. The Morgan fingerprint density at radius 1 is 1.19 bits per heavy atom. The molecule has 4 heteroatoms. The topological polar surface area (TPSA) is 41.6 Å². The molecule has 2 saturated carbocycles. The van der Waals surface area contributed by atoms with E-state index in [1.807, 2.05) is 7.05 Å². The summed E-state index contributed by atoms with van der Waals surface area (Å²) in [5, 5.41) is 3.35. The van der Waals surface area contributed by atoms with Gasteiger partial charge in [0.2, 0.25) is 0 Å². The zero-order valence-electron chi connectivity index (χ0n) is 13.6. The van der Waals surface area contributed by atoms with E-state index >= 15 is 0 Å². The van der Waals surface area contributed by atoms with Crippen molar-refractivity contribution in [1.82, 2.24) is 10.2 Å². The molecule has 3 aliphatic rings. The Labute approximate surface area is 128 Å². The minimum Gasteiger partial charge on any atom is -0.468 e. The summed E-state index contributed by atoms with van der Waals surface area (Å²) in [5.41, 5.74) is -0.478. The maximum atomic E-state index is 12.5. The maximum absolute atomic E-state index is 12.5. The summed E-state index contributed by atoms with van der Waals surface area (Å²) >= 11 is 0. The van der Waals surface area contributed by atoms with Gasteiger partial charge in [0.05, 0.1) is 7.11 Å². The SMILES string of the molecule is CNC(CN1CCCC2CCCCC21)(C(=O)OC)C1CC1. The molecule has 0 spiro atoms. The van der Waals surface area contributed by atoms with Gasteiger partial charge in [0.15, 0.2) is 0 Å². The van der Waals surface area contributed by atoms with Crippen molar-refractivity contribution in [3.63, 3.8) is 0 Å². The zero-order valence-corrected chi connectivity index (χ0v) is 13.6. The van der Waals surface area contributed by atoms with Crippen molar-refractivity contribution in [2.75, 3.05) is 27.2 Å². The van der Waals surface area contributed by atoms with Gasteiger partial charge in [-0.3, -0.25) is 4.90 Å². The number of fused-ring (bicyclic) bond motifs is 1. The number of methoxy groups -OCH3 is 1. The second kappa shape index (κ2) is 6.25. The molecule has 120 valence electrons. The van der Waals surface area contributed by atoms with E-state index < -0.39 is 5.54 Å². The number of likely N-dealkylation sites (tertiary alicyclic amines) is 1. The minimum atomic E-state index is -0.478. The monoisotopic (exact) mass is 294 g/mol. The van der Waals surface area contributed by atoms with E-state index in [0.29, 0.717) is 12.0 Å². The number of carbonyl (C=O) groups is 1. The van der Waals surface area contributed by atoms with Crippen molar-refractivity contribution in [2.24, 2.45) is 11.8 Å². The summed E-state index contributed by atoms with van der Waals surface area (Å²) in [4.78, 5) is 15.1. The third-order valence-electron chi connectivity index (χ3n) is 6.08. The number of likely N-dealkylation sites (N-methyl/N-ethyl adjacent to an activating group) is 1. The highest BCUT2D eigenvalue weighted by atomic mass is 16.5. The normalized spacial score (nSPS) is 33.0. The highest BCUT2D eigenvalue weighted by Crippen LogP contribution is 2.43. The average molecular weight is 294 g/mol. The fraction of sp³-hybridized carbons (Fsp3) is 0.941. The van der Waals surface area contributed by atoms with Crippen molar-refractivity contribution in [1.29, 1.82) is 0 Å². The molecule has 0 aromatic carbocycles. The third kappa shape index (κ3) is 2.85. The molecule has 3 unspecified atom stereocenters. The van der Waals surface area contributed by atoms with Crippen molar-refractivity contribution in [3.05, 3.63) is 0 Å². The van der Waals surface area contributed by atoms with Crippen LogP contribution in [0.15, 0.2) is 0 Å². The molecule has 4 nitrogen and oxygen atoms in total. The molecule has 3 rings (SSSR count). The van der Waals surface area contributed by atoms with Crippen molar-refractivity contribution in [2.45, 2.75) is 62.9 Å². The first-order valence-electron chi connectivity index (χ1n) is 8.72. The van der Waals surface area contributed by atoms with Gasteiger partial charge in [0.1, 0.15) is 5.54 Å². The molecule has 0 bridgehead atoms. The molecule has 2 aliphatic carbocycles. The molecule has 1 heterocycles. The molecule has 0 radical (unpaired) electrons. The Bertz CT molecular complexity index is 381. The highest BCUT2D eigenvalue weighted by molar-refractivity contribution is 5.82. The molecular formula is C17H30N2O2. The second-order valence-corrected chi connectivity index (χ2v) is 7.21. The van der Waals surface area contributed by atoms with Gasteiger partial charge in [-0.1, -0.05) is 12.8 Å². The summed E-state index contributed by atoms with van der Waals surface area (Å²) in [7, 11) is 3.45. The molecule has 0 aromatic rings. The van der Waals surface area contributed by atoms with Crippen molar-refractivity contribution in [3.8, 4) is 0 Å². The predicted octanol–water partition coefficient (Wildman–Crippen LogP) is 2.18. The average Bonchev–Trinajstić information content (AvgIpc) is 3.37. The zero-order chi connectivity index (χ0) is 14.9. The molecule has 1 aliphatic heterocycles. The Kier molecular flexibility index (Phi) is 4.55. The number of carbonyl (C=O) groups excluding carboxylic acids is 1. The number of rotatable bonds is 5. The van der Waals surface area contributed by atoms with Crippen LogP contribution < -0.4 is 5.32 Å². The summed E-state index contributed by atoms with van der Waals surface area (Å²) in [6.45, 7) is 1.98. The number of piperidine rings is 1. The van der Waals surface area contributed by atoms with Crippen LogP contribution in [0.2, 0.25) is 0 Å². The fourth-order valence-electron chi connectivity index (χ4n) is 4.75. The summed E-state index contributed by atoms with van der Waals surface area (Å²) in [5.74, 6) is 1.25. The van der Waals surface area contributed by atoms with Crippen LogP contribution in [0, 0.1) is 11.8 Å². The lowest BCUT2D eigenvalue weighted by atomic mass is 9.77. The van der Waals surface area contributed by atoms with E-state index in [0.717, 1.165) is 31.8 Å². The van der Waals surface area contributed by atoms with Crippen LogP contribution >= 0.6 is 0 Å². The highest BCUT2D eigenvalue weighted by Gasteiger charge is 2.53. The smallest absolute Gasteiger partial charge is 0.327 e. The number of nitrogens with zero attached hydrogens (tertiary/aromatic N) is 1. The number of hydrogen-bond acceptors (Lipinski definition) is 4. The van der Waals surface area contributed by atoms with Crippen LogP contribution in [0.4, 0.5) is 0 Å². The van der Waals surface area contributed by atoms with Gasteiger partial charge in [-0.15, -0.1) is 0 Å². The third-order valence-corrected chi connectivity index (χ3v) is 6.08. The lowest BCUT2D eigenvalue weighted by molar-refractivity contribution is -0.151. The first kappa shape index (κ1) is 15.3. The lowest BCUT2D eigenvalue weighted by Crippen LogP contribution is -2.63.